The number of hydrogen-bond donors (Lipinski definition) is 1. The van der Waals surface area contributed by atoms with Gasteiger partial charge in [-0.1, -0.05) is 28.8 Å². The molecule has 0 bridgehead atoms. The average Bonchev–Trinajstić information content (AvgIpc) is 2.43. The Hall–Kier alpha value is -0.940. The largest absolute Gasteiger partial charge is 0.358 e. The van der Waals surface area contributed by atoms with Gasteiger partial charge in [-0.2, -0.15) is 0 Å². The molecule has 2 fully saturated rings. The molecule has 1 N–H and O–H groups in total. The molecule has 20 heavy (non-hydrogen) atoms. The fourth-order valence-corrected chi connectivity index (χ4v) is 3.69. The first kappa shape index (κ1) is 14.0. The van der Waals surface area contributed by atoms with Gasteiger partial charge in [0.15, 0.2) is 5.11 Å². The molecule has 3 rings (SSSR count). The highest BCUT2D eigenvalue weighted by atomic mass is 79.9. The Bertz CT molecular complexity index is 575. The van der Waals surface area contributed by atoms with Gasteiger partial charge in [-0.15, -0.1) is 0 Å². The van der Waals surface area contributed by atoms with Crippen LogP contribution in [0.15, 0.2) is 22.7 Å². The summed E-state index contributed by atoms with van der Waals surface area (Å²) in [6.07, 6.45) is 4.32. The maximum atomic E-state index is 12.8. The molecule has 1 aliphatic heterocycles. The van der Waals surface area contributed by atoms with E-state index in [-0.39, 0.29) is 17.9 Å². The number of rotatable bonds is 1. The van der Waals surface area contributed by atoms with Crippen LogP contribution in [0, 0.1) is 12.8 Å². The van der Waals surface area contributed by atoms with E-state index in [1.54, 1.807) is 4.90 Å². The number of nitrogens with zero attached hydrogens (tertiary/aromatic N) is 1. The molecule has 1 saturated heterocycles. The number of nitrogens with one attached hydrogen (secondary N) is 1. The van der Waals surface area contributed by atoms with Crippen LogP contribution in [0.25, 0.3) is 0 Å². The molecule has 2 aliphatic rings. The van der Waals surface area contributed by atoms with Gasteiger partial charge < -0.3 is 5.32 Å². The van der Waals surface area contributed by atoms with Crippen LogP contribution in [0.4, 0.5) is 5.69 Å². The average molecular weight is 353 g/mol. The van der Waals surface area contributed by atoms with Gasteiger partial charge >= 0.3 is 0 Å². The van der Waals surface area contributed by atoms with Crippen LogP contribution in [0.1, 0.15) is 31.2 Å². The fourth-order valence-electron chi connectivity index (χ4n) is 3.10. The summed E-state index contributed by atoms with van der Waals surface area (Å²) in [4.78, 5) is 14.4. The van der Waals surface area contributed by atoms with E-state index >= 15 is 0 Å². The maximum absolute atomic E-state index is 12.8. The molecular weight excluding hydrogens is 336 g/mol. The van der Waals surface area contributed by atoms with Crippen LogP contribution in [0.5, 0.6) is 0 Å². The van der Waals surface area contributed by atoms with Gasteiger partial charge in [-0.05, 0) is 55.7 Å². The van der Waals surface area contributed by atoms with Crippen LogP contribution in [-0.2, 0) is 4.79 Å². The number of thiocarbonyl (C=S) groups is 1. The molecule has 0 radical (unpaired) electrons. The van der Waals surface area contributed by atoms with Crippen LogP contribution >= 0.6 is 28.1 Å². The Kier molecular flexibility index (Phi) is 3.82. The first-order valence-electron chi connectivity index (χ1n) is 6.98. The molecule has 1 saturated carbocycles. The van der Waals surface area contributed by atoms with Crippen LogP contribution < -0.4 is 10.2 Å². The summed E-state index contributed by atoms with van der Waals surface area (Å²) in [5, 5.41) is 3.90. The SMILES string of the molecule is Cc1cc(N2C(=O)C3CCCCC3NC2=S)ccc1Br. The van der Waals surface area contributed by atoms with E-state index in [1.807, 2.05) is 25.1 Å². The van der Waals surface area contributed by atoms with Crippen molar-refractivity contribution < 1.29 is 4.79 Å². The van der Waals surface area contributed by atoms with Gasteiger partial charge in [0.2, 0.25) is 5.91 Å². The Morgan fingerprint density at radius 3 is 2.85 bits per heavy atom. The van der Waals surface area contributed by atoms with Gasteiger partial charge in [-0.25, -0.2) is 0 Å². The van der Waals surface area contributed by atoms with Crippen molar-refractivity contribution in [1.29, 1.82) is 0 Å². The minimum absolute atomic E-state index is 0.0689. The van der Waals surface area contributed by atoms with Crippen molar-refractivity contribution in [2.45, 2.75) is 38.6 Å². The third-order valence-electron chi connectivity index (χ3n) is 4.22. The Labute approximate surface area is 132 Å². The third-order valence-corrected chi connectivity index (χ3v) is 5.41. The maximum Gasteiger partial charge on any atom is 0.238 e. The van der Waals surface area contributed by atoms with Crippen molar-refractivity contribution in [3.8, 4) is 0 Å². The second kappa shape index (κ2) is 5.45. The van der Waals surface area contributed by atoms with Gasteiger partial charge in [0.05, 0.1) is 11.6 Å². The lowest BCUT2D eigenvalue weighted by Crippen LogP contribution is -2.61. The molecule has 2 unspecified atom stereocenters. The molecule has 2 atom stereocenters. The van der Waals surface area contributed by atoms with Crippen LogP contribution in [0.2, 0.25) is 0 Å². The molecule has 106 valence electrons. The number of carbonyl (C=O) groups excluding carboxylic acids is 1. The quantitative estimate of drug-likeness (QED) is 0.784. The van der Waals surface area contributed by atoms with Gasteiger partial charge in [0.25, 0.3) is 0 Å². The highest BCUT2D eigenvalue weighted by Gasteiger charge is 2.40. The Morgan fingerprint density at radius 2 is 2.10 bits per heavy atom. The van der Waals surface area contributed by atoms with E-state index in [4.69, 9.17) is 12.2 Å². The van der Waals surface area contributed by atoms with Crippen molar-refractivity contribution >= 4 is 44.9 Å². The second-order valence-electron chi connectivity index (χ2n) is 5.55. The molecule has 1 aliphatic carbocycles. The smallest absolute Gasteiger partial charge is 0.238 e. The molecule has 5 heteroatoms. The summed E-state index contributed by atoms with van der Waals surface area (Å²) in [6.45, 7) is 2.02. The number of halogens is 1. The highest BCUT2D eigenvalue weighted by molar-refractivity contribution is 9.10. The van der Waals surface area contributed by atoms with E-state index in [2.05, 4.69) is 21.2 Å². The zero-order chi connectivity index (χ0) is 14.3. The van der Waals surface area contributed by atoms with Crippen LogP contribution in [-0.4, -0.2) is 17.1 Å². The lowest BCUT2D eigenvalue weighted by molar-refractivity contribution is -0.123. The first-order chi connectivity index (χ1) is 9.58. The molecule has 1 heterocycles. The standard InChI is InChI=1S/C15H17BrN2OS/c1-9-8-10(6-7-12(9)16)18-14(19)11-4-2-3-5-13(11)17-15(18)20/h6-8,11,13H,2-5H2,1H3,(H,17,20). The monoisotopic (exact) mass is 352 g/mol. The molecule has 1 amide bonds. The minimum atomic E-state index is 0.0689. The summed E-state index contributed by atoms with van der Waals surface area (Å²) in [6, 6.07) is 6.13. The topological polar surface area (TPSA) is 32.3 Å². The van der Waals surface area contributed by atoms with Crippen LogP contribution in [0.3, 0.4) is 0 Å². The molecule has 1 aromatic carbocycles. The predicted octanol–water partition coefficient (Wildman–Crippen LogP) is 3.54. The molecular formula is C15H17BrN2OS. The van der Waals surface area contributed by atoms with E-state index < -0.39 is 0 Å². The lowest BCUT2D eigenvalue weighted by atomic mass is 9.82. The third kappa shape index (κ3) is 2.37. The Morgan fingerprint density at radius 1 is 1.35 bits per heavy atom. The van der Waals surface area contributed by atoms with E-state index in [9.17, 15) is 4.79 Å². The number of amides is 1. The van der Waals surface area contributed by atoms with Gasteiger partial charge in [0.1, 0.15) is 0 Å². The molecule has 0 spiro atoms. The van der Waals surface area contributed by atoms with E-state index in [0.717, 1.165) is 35.0 Å². The van der Waals surface area contributed by atoms with Crippen molar-refractivity contribution in [2.24, 2.45) is 5.92 Å². The van der Waals surface area contributed by atoms with Crippen molar-refractivity contribution in [3.05, 3.63) is 28.2 Å². The zero-order valence-electron chi connectivity index (χ0n) is 11.4. The van der Waals surface area contributed by atoms with Gasteiger partial charge in [0, 0.05) is 10.5 Å². The summed E-state index contributed by atoms with van der Waals surface area (Å²) in [7, 11) is 0. The zero-order valence-corrected chi connectivity index (χ0v) is 13.8. The number of carbonyl (C=O) groups is 1. The normalized spacial score (nSPS) is 26.2. The van der Waals surface area contributed by atoms with Crippen molar-refractivity contribution in [2.75, 3.05) is 4.90 Å². The highest BCUT2D eigenvalue weighted by Crippen LogP contribution is 2.32. The summed E-state index contributed by atoms with van der Waals surface area (Å²) < 4.78 is 1.04. The first-order valence-corrected chi connectivity index (χ1v) is 8.18. The summed E-state index contributed by atoms with van der Waals surface area (Å²) in [5.41, 5.74) is 1.96. The van der Waals surface area contributed by atoms with Gasteiger partial charge in [-0.3, -0.25) is 9.69 Å². The number of anilines is 1. The summed E-state index contributed by atoms with van der Waals surface area (Å²) >= 11 is 8.90. The van der Waals surface area contributed by atoms with Crippen molar-refractivity contribution in [3.63, 3.8) is 0 Å². The van der Waals surface area contributed by atoms with Crippen molar-refractivity contribution in [1.82, 2.24) is 5.32 Å². The summed E-state index contributed by atoms with van der Waals surface area (Å²) in [5.74, 6) is 0.222. The predicted molar refractivity (Wildman–Crippen MR) is 87.8 cm³/mol. The second-order valence-corrected chi connectivity index (χ2v) is 6.80. The fraction of sp³-hybridized carbons (Fsp3) is 0.467. The molecule has 3 nitrogen and oxygen atoms in total. The number of hydrogen-bond acceptors (Lipinski definition) is 2. The van der Waals surface area contributed by atoms with E-state index in [1.165, 1.54) is 6.42 Å². The number of fused-ring (bicyclic) bond motifs is 1. The number of benzene rings is 1. The minimum Gasteiger partial charge on any atom is -0.358 e. The molecule has 1 aromatic rings. The van der Waals surface area contributed by atoms with E-state index in [0.29, 0.717) is 5.11 Å². The lowest BCUT2D eigenvalue weighted by Gasteiger charge is -2.41. The molecule has 0 aromatic heterocycles. The Balaban J connectivity index is 1.93. The number of aryl methyl sites for hydroxylation is 1.